The van der Waals surface area contributed by atoms with Crippen LogP contribution in [0.15, 0.2) is 29.6 Å². The van der Waals surface area contributed by atoms with Gasteiger partial charge in [-0.1, -0.05) is 0 Å². The number of thiazole rings is 1. The van der Waals surface area contributed by atoms with E-state index in [4.69, 9.17) is 14.5 Å². The molecule has 0 unspecified atom stereocenters. The van der Waals surface area contributed by atoms with Crippen LogP contribution in [0.5, 0.6) is 5.75 Å². The van der Waals surface area contributed by atoms with Crippen LogP contribution in [0.25, 0.3) is 0 Å². The highest BCUT2D eigenvalue weighted by atomic mass is 32.1. The third kappa shape index (κ3) is 4.32. The van der Waals surface area contributed by atoms with E-state index in [1.54, 1.807) is 11.3 Å². The van der Waals surface area contributed by atoms with Crippen molar-refractivity contribution in [3.63, 3.8) is 0 Å². The minimum absolute atomic E-state index is 0.540. The molecule has 0 amide bonds. The topological polar surface area (TPSA) is 46.6 Å². The molecule has 2 aliphatic heterocycles. The summed E-state index contributed by atoms with van der Waals surface area (Å²) in [6.07, 6.45) is 2.38. The molecule has 0 aliphatic carbocycles. The van der Waals surface area contributed by atoms with Crippen molar-refractivity contribution in [2.75, 3.05) is 44.3 Å². The molecule has 2 aromatic rings. The van der Waals surface area contributed by atoms with E-state index in [0.717, 1.165) is 50.8 Å². The normalized spacial score (nSPS) is 19.1. The van der Waals surface area contributed by atoms with Crippen molar-refractivity contribution in [3.05, 3.63) is 40.3 Å². The van der Waals surface area contributed by atoms with Crippen LogP contribution in [0.1, 0.15) is 29.5 Å². The molecule has 0 radical (unpaired) electrons. The summed E-state index contributed by atoms with van der Waals surface area (Å²) in [5, 5.41) is 6.81. The number of piperidine rings is 1. The highest BCUT2D eigenvalue weighted by molar-refractivity contribution is 7.09. The number of ether oxygens (including phenoxy) is 2. The molecule has 2 aliphatic rings. The zero-order chi connectivity index (χ0) is 16.9. The number of nitrogens with one attached hydrogen (secondary N) is 1. The number of hydrogen-bond donors (Lipinski definition) is 1. The van der Waals surface area contributed by atoms with E-state index in [0.29, 0.717) is 12.5 Å². The molecular formula is C19H25N3O2S. The summed E-state index contributed by atoms with van der Waals surface area (Å²) in [7, 11) is 0. The number of rotatable bonds is 5. The molecule has 1 N–H and O–H groups in total. The van der Waals surface area contributed by atoms with E-state index in [1.165, 1.54) is 23.5 Å². The van der Waals surface area contributed by atoms with Gasteiger partial charge in [-0.05, 0) is 50.2 Å². The molecule has 1 aromatic heterocycles. The van der Waals surface area contributed by atoms with Gasteiger partial charge in [0.05, 0.1) is 23.9 Å². The Morgan fingerprint density at radius 3 is 2.68 bits per heavy atom. The van der Waals surface area contributed by atoms with Gasteiger partial charge in [-0.2, -0.15) is 0 Å². The van der Waals surface area contributed by atoms with Crippen LogP contribution in [-0.4, -0.2) is 44.4 Å². The largest absolute Gasteiger partial charge is 0.487 e. The van der Waals surface area contributed by atoms with Crippen molar-refractivity contribution >= 4 is 17.0 Å². The van der Waals surface area contributed by atoms with Crippen LogP contribution < -0.4 is 15.0 Å². The molecule has 5 nitrogen and oxygen atoms in total. The smallest absolute Gasteiger partial charge is 0.131 e. The molecule has 1 aromatic carbocycles. The van der Waals surface area contributed by atoms with Gasteiger partial charge < -0.3 is 19.7 Å². The molecule has 0 spiro atoms. The molecule has 134 valence electrons. The minimum Gasteiger partial charge on any atom is -0.487 e. The third-order valence-electron chi connectivity index (χ3n) is 4.86. The highest BCUT2D eigenvalue weighted by Crippen LogP contribution is 2.28. The predicted octanol–water partition coefficient (Wildman–Crippen LogP) is 3.03. The number of anilines is 1. The second kappa shape index (κ2) is 8.17. The van der Waals surface area contributed by atoms with Gasteiger partial charge in [0.15, 0.2) is 0 Å². The molecular weight excluding hydrogens is 334 g/mol. The Labute approximate surface area is 153 Å². The fraction of sp³-hybridized carbons (Fsp3) is 0.526. The van der Waals surface area contributed by atoms with Crippen LogP contribution in [0, 0.1) is 0 Å². The fourth-order valence-corrected chi connectivity index (χ4v) is 4.35. The van der Waals surface area contributed by atoms with E-state index in [9.17, 15) is 0 Å². The maximum absolute atomic E-state index is 5.92. The van der Waals surface area contributed by atoms with Gasteiger partial charge in [-0.3, -0.25) is 0 Å². The van der Waals surface area contributed by atoms with E-state index >= 15 is 0 Å². The standard InChI is InChI=1S/C19H25N3O2S/c1-3-18(4-2-17(1)22-9-11-23-12-10-22)24-13-16-14-25-19(21-16)15-5-7-20-8-6-15/h1-4,14-15,20H,5-13H2. The molecule has 4 rings (SSSR count). The van der Waals surface area contributed by atoms with Crippen molar-refractivity contribution in [1.29, 1.82) is 0 Å². The number of nitrogens with zero attached hydrogens (tertiary/aromatic N) is 2. The van der Waals surface area contributed by atoms with E-state index < -0.39 is 0 Å². The first-order valence-corrected chi connectivity index (χ1v) is 9.97. The molecule has 0 bridgehead atoms. The quantitative estimate of drug-likeness (QED) is 0.889. The monoisotopic (exact) mass is 359 g/mol. The Balaban J connectivity index is 1.31. The van der Waals surface area contributed by atoms with Gasteiger partial charge in [0.25, 0.3) is 0 Å². The molecule has 6 heteroatoms. The second-order valence-electron chi connectivity index (χ2n) is 6.58. The summed E-state index contributed by atoms with van der Waals surface area (Å²) < 4.78 is 11.3. The molecule has 25 heavy (non-hydrogen) atoms. The fourth-order valence-electron chi connectivity index (χ4n) is 3.38. The van der Waals surface area contributed by atoms with Crippen LogP contribution in [0.2, 0.25) is 0 Å². The lowest BCUT2D eigenvalue weighted by molar-refractivity contribution is 0.122. The van der Waals surface area contributed by atoms with Crippen LogP contribution in [0.3, 0.4) is 0 Å². The Hall–Kier alpha value is -1.63. The first-order chi connectivity index (χ1) is 12.4. The zero-order valence-corrected chi connectivity index (χ0v) is 15.3. The molecule has 2 fully saturated rings. The van der Waals surface area contributed by atoms with E-state index in [-0.39, 0.29) is 0 Å². The third-order valence-corrected chi connectivity index (χ3v) is 5.91. The summed E-state index contributed by atoms with van der Waals surface area (Å²) in [4.78, 5) is 7.13. The average Bonchev–Trinajstić information content (AvgIpc) is 3.17. The lowest BCUT2D eigenvalue weighted by atomic mass is 9.99. The van der Waals surface area contributed by atoms with Crippen molar-refractivity contribution in [1.82, 2.24) is 10.3 Å². The summed E-state index contributed by atoms with van der Waals surface area (Å²) in [6, 6.07) is 8.35. The van der Waals surface area contributed by atoms with Crippen molar-refractivity contribution < 1.29 is 9.47 Å². The van der Waals surface area contributed by atoms with Gasteiger partial charge in [0, 0.05) is 30.1 Å². The van der Waals surface area contributed by atoms with Crippen molar-refractivity contribution in [2.24, 2.45) is 0 Å². The second-order valence-corrected chi connectivity index (χ2v) is 7.47. The van der Waals surface area contributed by atoms with Crippen LogP contribution in [0.4, 0.5) is 5.69 Å². The Morgan fingerprint density at radius 1 is 1.16 bits per heavy atom. The summed E-state index contributed by atoms with van der Waals surface area (Å²) >= 11 is 1.78. The van der Waals surface area contributed by atoms with E-state index in [2.05, 4.69) is 27.7 Å². The average molecular weight is 359 g/mol. The maximum Gasteiger partial charge on any atom is 0.131 e. The molecule has 0 saturated carbocycles. The predicted molar refractivity (Wildman–Crippen MR) is 101 cm³/mol. The van der Waals surface area contributed by atoms with E-state index in [1.807, 2.05) is 12.1 Å². The van der Waals surface area contributed by atoms with Gasteiger partial charge in [-0.15, -0.1) is 11.3 Å². The SMILES string of the molecule is c1cc(N2CCOCC2)ccc1OCc1csc(C2CCNCC2)n1. The van der Waals surface area contributed by atoms with Crippen molar-refractivity contribution in [2.45, 2.75) is 25.4 Å². The number of aromatic nitrogens is 1. The van der Waals surface area contributed by atoms with Gasteiger partial charge >= 0.3 is 0 Å². The van der Waals surface area contributed by atoms with Gasteiger partial charge in [-0.25, -0.2) is 4.98 Å². The molecule has 0 atom stereocenters. The number of benzene rings is 1. The highest BCUT2D eigenvalue weighted by Gasteiger charge is 2.18. The number of morpholine rings is 1. The summed E-state index contributed by atoms with van der Waals surface area (Å²) in [5.41, 5.74) is 2.27. The van der Waals surface area contributed by atoms with Gasteiger partial charge in [0.1, 0.15) is 12.4 Å². The van der Waals surface area contributed by atoms with Gasteiger partial charge in [0.2, 0.25) is 0 Å². The number of hydrogen-bond acceptors (Lipinski definition) is 6. The lowest BCUT2D eigenvalue weighted by Crippen LogP contribution is -2.36. The Bertz CT molecular complexity index is 662. The summed E-state index contributed by atoms with van der Waals surface area (Å²) in [6.45, 7) is 6.27. The van der Waals surface area contributed by atoms with Crippen molar-refractivity contribution in [3.8, 4) is 5.75 Å². The minimum atomic E-state index is 0.540. The first-order valence-electron chi connectivity index (χ1n) is 9.09. The maximum atomic E-state index is 5.92. The molecule has 3 heterocycles. The molecule has 2 saturated heterocycles. The summed E-state index contributed by atoms with van der Waals surface area (Å²) in [5.74, 6) is 1.52. The lowest BCUT2D eigenvalue weighted by Gasteiger charge is -2.28. The van der Waals surface area contributed by atoms with Crippen LogP contribution >= 0.6 is 11.3 Å². The Morgan fingerprint density at radius 2 is 1.92 bits per heavy atom. The van der Waals surface area contributed by atoms with Crippen LogP contribution in [-0.2, 0) is 11.3 Å². The first kappa shape index (κ1) is 16.8. The zero-order valence-electron chi connectivity index (χ0n) is 14.4. The Kier molecular flexibility index (Phi) is 5.49.